The van der Waals surface area contributed by atoms with Gasteiger partial charge in [-0.1, -0.05) is 158 Å². The molecular weight excluding hydrogens is 635 g/mol. The number of hydrogen-bond acceptors (Lipinski definition) is 3. The molecule has 0 radical (unpaired) electrons. The van der Waals surface area contributed by atoms with Crippen molar-refractivity contribution in [3.63, 3.8) is 0 Å². The van der Waals surface area contributed by atoms with E-state index in [1.165, 1.54) is 153 Å². The highest BCUT2D eigenvalue weighted by Crippen LogP contribution is 2.20. The molecule has 0 N–H and O–H groups in total. The zero-order chi connectivity index (χ0) is 37.6. The van der Waals surface area contributed by atoms with Gasteiger partial charge in [-0.25, -0.2) is 0 Å². The number of anilines is 1. The molecule has 3 heteroatoms. The number of carbonyl (C=O) groups excluding carboxylic acids is 1. The summed E-state index contributed by atoms with van der Waals surface area (Å²) >= 11 is 0. The lowest BCUT2D eigenvalue weighted by Gasteiger charge is -2.22. The monoisotopic (exact) mass is 718 g/mol. The fraction of sp³-hybridized carbons (Fsp3) is 0.694. The number of carbonyl (C=O) groups is 1. The van der Waals surface area contributed by atoms with Crippen LogP contribution < -0.4 is 4.90 Å². The highest BCUT2D eigenvalue weighted by atomic mass is 16.5. The molecule has 0 amide bonds. The molecule has 0 aliphatic carbocycles. The van der Waals surface area contributed by atoms with Crippen LogP contribution in [0.2, 0.25) is 0 Å². The molecule has 0 saturated heterocycles. The maximum Gasteiger partial charge on any atom is 0.306 e. The van der Waals surface area contributed by atoms with Gasteiger partial charge in [0.1, 0.15) is 6.10 Å². The predicted molar refractivity (Wildman–Crippen MR) is 232 cm³/mol. The van der Waals surface area contributed by atoms with Crippen LogP contribution in [-0.2, 0) is 9.53 Å². The Kier molecular flexibility index (Phi) is 33.6. The lowest BCUT2D eigenvalue weighted by Crippen LogP contribution is -2.22. The molecule has 0 saturated carbocycles. The highest BCUT2D eigenvalue weighted by molar-refractivity contribution is 5.69. The van der Waals surface area contributed by atoms with Gasteiger partial charge in [-0.05, 0) is 115 Å². The van der Waals surface area contributed by atoms with Crippen molar-refractivity contribution in [2.24, 2.45) is 0 Å². The van der Waals surface area contributed by atoms with Gasteiger partial charge in [-0.2, -0.15) is 0 Å². The molecule has 0 heterocycles. The number of hydrogen-bond donors (Lipinski definition) is 0. The Hall–Kier alpha value is -2.55. The first-order valence-corrected chi connectivity index (χ1v) is 22.1. The van der Waals surface area contributed by atoms with Gasteiger partial charge in [0.15, 0.2) is 0 Å². The smallest absolute Gasteiger partial charge is 0.306 e. The number of benzene rings is 1. The molecule has 0 aliphatic heterocycles. The zero-order valence-corrected chi connectivity index (χ0v) is 34.8. The van der Waals surface area contributed by atoms with E-state index in [1.807, 2.05) is 0 Å². The van der Waals surface area contributed by atoms with Crippen molar-refractivity contribution < 1.29 is 9.53 Å². The molecule has 0 fully saturated rings. The van der Waals surface area contributed by atoms with E-state index in [4.69, 9.17) is 4.74 Å². The number of para-hydroxylation sites is 1. The van der Waals surface area contributed by atoms with E-state index in [1.54, 1.807) is 0 Å². The summed E-state index contributed by atoms with van der Waals surface area (Å²) in [6.45, 7) is 7.53. The van der Waals surface area contributed by atoms with Crippen LogP contribution in [0.3, 0.4) is 0 Å². The van der Waals surface area contributed by atoms with Crippen LogP contribution in [0.15, 0.2) is 72.9 Å². The van der Waals surface area contributed by atoms with Crippen molar-refractivity contribution in [3.05, 3.63) is 78.4 Å². The molecule has 0 aromatic heterocycles. The van der Waals surface area contributed by atoms with Crippen molar-refractivity contribution in [2.45, 2.75) is 207 Å². The molecule has 0 spiro atoms. The molecule has 0 aliphatic rings. The molecule has 296 valence electrons. The number of ether oxygens (including phenoxy) is 1. The number of unbranched alkanes of at least 4 members (excludes halogenated alkanes) is 18. The molecular formula is C49H83NO2. The van der Waals surface area contributed by atoms with Gasteiger partial charge in [0, 0.05) is 25.7 Å². The second-order valence-electron chi connectivity index (χ2n) is 15.2. The van der Waals surface area contributed by atoms with E-state index in [2.05, 4.69) is 106 Å². The lowest BCUT2D eigenvalue weighted by atomic mass is 10.0. The Labute approximate surface area is 323 Å². The third-order valence-electron chi connectivity index (χ3n) is 10.2. The minimum absolute atomic E-state index is 0.0109. The van der Waals surface area contributed by atoms with Gasteiger partial charge in [0.05, 0.1) is 0 Å². The van der Waals surface area contributed by atoms with E-state index in [0.717, 1.165) is 38.6 Å². The average molecular weight is 718 g/mol. The van der Waals surface area contributed by atoms with Gasteiger partial charge >= 0.3 is 5.97 Å². The Morgan fingerprint density at radius 3 is 1.46 bits per heavy atom. The van der Waals surface area contributed by atoms with Crippen molar-refractivity contribution in [1.29, 1.82) is 0 Å². The van der Waals surface area contributed by atoms with Crippen molar-refractivity contribution >= 4 is 11.7 Å². The third kappa shape index (κ3) is 30.0. The maximum atomic E-state index is 12.9. The van der Waals surface area contributed by atoms with Crippen LogP contribution in [0, 0.1) is 6.92 Å². The Morgan fingerprint density at radius 1 is 0.577 bits per heavy atom. The SMILES string of the molecule is CCCCC/C=C\C/C=C\CCCCCCCCC(CCCCCCCC/C=C\C/C=C\CCCCC)OC(=O)CCCN(C)c1ccccc1C. The second-order valence-corrected chi connectivity index (χ2v) is 15.2. The van der Waals surface area contributed by atoms with Crippen molar-refractivity contribution in [1.82, 2.24) is 0 Å². The summed E-state index contributed by atoms with van der Waals surface area (Å²) in [6.07, 6.45) is 52.4. The quantitative estimate of drug-likeness (QED) is 0.0393. The van der Waals surface area contributed by atoms with Gasteiger partial charge < -0.3 is 9.64 Å². The molecule has 1 aromatic carbocycles. The molecule has 0 bridgehead atoms. The first-order chi connectivity index (χ1) is 25.6. The van der Waals surface area contributed by atoms with Crippen molar-refractivity contribution in [2.75, 3.05) is 18.5 Å². The zero-order valence-electron chi connectivity index (χ0n) is 34.8. The standard InChI is InChI=1S/C49H83NO2/c1-5-7-9-11-13-15-17-19-21-23-25-27-29-31-33-35-41-47(52-49(51)44-39-45-50(4)48-43-38-37-40-46(48)3)42-36-34-32-30-28-26-24-22-20-18-16-14-12-10-8-6-2/h13-16,19-22,37-38,40,43,47H,5-12,17-18,23-36,39,41-42,44-45H2,1-4H3/b15-13-,16-14-,21-19-,22-20-. The summed E-state index contributed by atoms with van der Waals surface area (Å²) in [5, 5.41) is 0. The Balaban J connectivity index is 2.28. The number of nitrogens with zero attached hydrogens (tertiary/aromatic N) is 1. The van der Waals surface area contributed by atoms with Gasteiger partial charge in [-0.3, -0.25) is 4.79 Å². The van der Waals surface area contributed by atoms with Crippen LogP contribution in [0.4, 0.5) is 5.69 Å². The van der Waals surface area contributed by atoms with Crippen LogP contribution in [0.25, 0.3) is 0 Å². The summed E-state index contributed by atoms with van der Waals surface area (Å²) in [4.78, 5) is 15.2. The minimum Gasteiger partial charge on any atom is -0.462 e. The first-order valence-electron chi connectivity index (χ1n) is 22.1. The normalized spacial score (nSPS) is 12.1. The topological polar surface area (TPSA) is 29.5 Å². The van der Waals surface area contributed by atoms with E-state index in [9.17, 15) is 4.79 Å². The molecule has 0 atom stereocenters. The van der Waals surface area contributed by atoms with Gasteiger partial charge in [-0.15, -0.1) is 0 Å². The Bertz CT molecular complexity index is 1010. The summed E-state index contributed by atoms with van der Waals surface area (Å²) in [7, 11) is 2.12. The van der Waals surface area contributed by atoms with E-state index in [-0.39, 0.29) is 12.1 Å². The number of rotatable bonds is 36. The fourth-order valence-corrected chi connectivity index (χ4v) is 6.80. The van der Waals surface area contributed by atoms with Crippen LogP contribution in [-0.4, -0.2) is 25.7 Å². The van der Waals surface area contributed by atoms with Gasteiger partial charge in [0.25, 0.3) is 0 Å². The maximum absolute atomic E-state index is 12.9. The molecule has 1 rings (SSSR count). The van der Waals surface area contributed by atoms with Crippen molar-refractivity contribution in [3.8, 4) is 0 Å². The van der Waals surface area contributed by atoms with Gasteiger partial charge in [0.2, 0.25) is 0 Å². The summed E-state index contributed by atoms with van der Waals surface area (Å²) in [5.74, 6) is -0.0109. The molecule has 0 unspecified atom stereocenters. The van der Waals surface area contributed by atoms with E-state index < -0.39 is 0 Å². The van der Waals surface area contributed by atoms with Crippen LogP contribution in [0.1, 0.15) is 199 Å². The number of allylic oxidation sites excluding steroid dienone is 8. The Morgan fingerprint density at radius 2 is 1.00 bits per heavy atom. The highest BCUT2D eigenvalue weighted by Gasteiger charge is 2.15. The van der Waals surface area contributed by atoms with Crippen LogP contribution in [0.5, 0.6) is 0 Å². The molecule has 3 nitrogen and oxygen atoms in total. The summed E-state index contributed by atoms with van der Waals surface area (Å²) < 4.78 is 6.13. The minimum atomic E-state index is -0.0109. The number of esters is 1. The van der Waals surface area contributed by atoms with E-state index in [0.29, 0.717) is 6.42 Å². The average Bonchev–Trinajstić information content (AvgIpc) is 3.14. The van der Waals surface area contributed by atoms with E-state index >= 15 is 0 Å². The lowest BCUT2D eigenvalue weighted by molar-refractivity contribution is -0.150. The first kappa shape index (κ1) is 47.5. The van der Waals surface area contributed by atoms with Crippen LogP contribution >= 0.6 is 0 Å². The number of aryl methyl sites for hydroxylation is 1. The third-order valence-corrected chi connectivity index (χ3v) is 10.2. The summed E-state index contributed by atoms with van der Waals surface area (Å²) in [5.41, 5.74) is 2.51. The largest absolute Gasteiger partial charge is 0.462 e. The molecule has 1 aromatic rings. The molecule has 52 heavy (non-hydrogen) atoms. The summed E-state index contributed by atoms with van der Waals surface area (Å²) in [6, 6.07) is 8.46. The fourth-order valence-electron chi connectivity index (χ4n) is 6.80. The predicted octanol–water partition coefficient (Wildman–Crippen LogP) is 15.5. The second kappa shape index (κ2) is 36.8.